The van der Waals surface area contributed by atoms with Crippen LogP contribution in [0.25, 0.3) is 11.3 Å². The Kier molecular flexibility index (Phi) is 2.95. The van der Waals surface area contributed by atoms with E-state index in [4.69, 9.17) is 4.74 Å². The monoisotopic (exact) mass is 217 g/mol. The summed E-state index contributed by atoms with van der Waals surface area (Å²) in [5, 5.41) is 10.2. The minimum Gasteiger partial charge on any atom is -0.461 e. The van der Waals surface area contributed by atoms with Crippen molar-refractivity contribution in [2.45, 2.75) is 6.92 Å². The van der Waals surface area contributed by atoms with Gasteiger partial charge in [-0.15, -0.1) is 5.10 Å². The van der Waals surface area contributed by atoms with Gasteiger partial charge in [0.2, 0.25) is 0 Å². The molecule has 1 heterocycles. The summed E-state index contributed by atoms with van der Waals surface area (Å²) >= 11 is 0. The van der Waals surface area contributed by atoms with E-state index in [1.54, 1.807) is 6.92 Å². The van der Waals surface area contributed by atoms with Crippen LogP contribution in [0, 0.1) is 0 Å². The van der Waals surface area contributed by atoms with Crippen LogP contribution in [-0.2, 0) is 4.74 Å². The zero-order valence-corrected chi connectivity index (χ0v) is 8.80. The van der Waals surface area contributed by atoms with Crippen molar-refractivity contribution in [1.29, 1.82) is 0 Å². The summed E-state index contributed by atoms with van der Waals surface area (Å²) < 4.78 is 4.89. The van der Waals surface area contributed by atoms with Gasteiger partial charge in [-0.3, -0.25) is 0 Å². The average molecular weight is 217 g/mol. The SMILES string of the molecule is CCOC(=O)c1n[nH]nc1-c1ccccc1. The molecule has 82 valence electrons. The van der Waals surface area contributed by atoms with Crippen LogP contribution in [0.5, 0.6) is 0 Å². The molecule has 0 aliphatic carbocycles. The first-order chi connectivity index (χ1) is 7.83. The number of rotatable bonds is 3. The molecule has 5 heteroatoms. The summed E-state index contributed by atoms with van der Waals surface area (Å²) in [6.45, 7) is 2.07. The number of H-pyrrole nitrogens is 1. The van der Waals surface area contributed by atoms with Gasteiger partial charge in [0.15, 0.2) is 5.69 Å². The topological polar surface area (TPSA) is 67.9 Å². The molecule has 0 bridgehead atoms. The minimum absolute atomic E-state index is 0.216. The highest BCUT2D eigenvalue weighted by atomic mass is 16.5. The van der Waals surface area contributed by atoms with Crippen LogP contribution in [0.1, 0.15) is 17.4 Å². The number of esters is 1. The van der Waals surface area contributed by atoms with Crippen LogP contribution < -0.4 is 0 Å². The lowest BCUT2D eigenvalue weighted by Gasteiger charge is -2.00. The van der Waals surface area contributed by atoms with Gasteiger partial charge in [0, 0.05) is 5.56 Å². The first-order valence-electron chi connectivity index (χ1n) is 4.96. The summed E-state index contributed by atoms with van der Waals surface area (Å²) in [4.78, 5) is 11.6. The van der Waals surface area contributed by atoms with Crippen molar-refractivity contribution in [3.8, 4) is 11.3 Å². The van der Waals surface area contributed by atoms with Crippen molar-refractivity contribution in [2.75, 3.05) is 6.61 Å². The standard InChI is InChI=1S/C11H11N3O2/c1-2-16-11(15)10-9(12-14-13-10)8-6-4-3-5-7-8/h3-7H,2H2,1H3,(H,12,13,14). The van der Waals surface area contributed by atoms with Gasteiger partial charge in [0.05, 0.1) is 6.61 Å². The molecule has 2 aromatic rings. The number of carbonyl (C=O) groups excluding carboxylic acids is 1. The van der Waals surface area contributed by atoms with Gasteiger partial charge in [-0.25, -0.2) is 4.79 Å². The van der Waals surface area contributed by atoms with Gasteiger partial charge < -0.3 is 4.74 Å². The molecular weight excluding hydrogens is 206 g/mol. The molecule has 0 aliphatic heterocycles. The van der Waals surface area contributed by atoms with Crippen molar-refractivity contribution in [3.63, 3.8) is 0 Å². The van der Waals surface area contributed by atoms with Crippen LogP contribution in [0.3, 0.4) is 0 Å². The molecule has 0 aliphatic rings. The smallest absolute Gasteiger partial charge is 0.361 e. The summed E-state index contributed by atoms with van der Waals surface area (Å²) in [5.74, 6) is -0.463. The van der Waals surface area contributed by atoms with E-state index in [1.165, 1.54) is 0 Å². The van der Waals surface area contributed by atoms with Crippen LogP contribution in [0.2, 0.25) is 0 Å². The van der Waals surface area contributed by atoms with E-state index >= 15 is 0 Å². The average Bonchev–Trinajstić information content (AvgIpc) is 2.79. The van der Waals surface area contributed by atoms with E-state index in [9.17, 15) is 4.79 Å². The summed E-state index contributed by atoms with van der Waals surface area (Å²) in [7, 11) is 0. The van der Waals surface area contributed by atoms with Crippen molar-refractivity contribution < 1.29 is 9.53 Å². The van der Waals surface area contributed by atoms with E-state index in [1.807, 2.05) is 30.3 Å². The van der Waals surface area contributed by atoms with Crippen LogP contribution in [0.15, 0.2) is 30.3 Å². The first-order valence-corrected chi connectivity index (χ1v) is 4.96. The highest BCUT2D eigenvalue weighted by Crippen LogP contribution is 2.19. The molecule has 0 unspecified atom stereocenters. The fourth-order valence-electron chi connectivity index (χ4n) is 1.37. The lowest BCUT2D eigenvalue weighted by Crippen LogP contribution is -2.06. The maximum Gasteiger partial charge on any atom is 0.361 e. The van der Waals surface area contributed by atoms with Gasteiger partial charge in [-0.05, 0) is 6.92 Å². The number of nitrogens with one attached hydrogen (secondary N) is 1. The number of aromatic amines is 1. The number of ether oxygens (including phenoxy) is 1. The van der Waals surface area contributed by atoms with Gasteiger partial charge >= 0.3 is 5.97 Å². The Bertz CT molecular complexity index is 479. The molecular formula is C11H11N3O2. The van der Waals surface area contributed by atoms with Crippen LogP contribution >= 0.6 is 0 Å². The van der Waals surface area contributed by atoms with Crippen LogP contribution in [-0.4, -0.2) is 28.0 Å². The van der Waals surface area contributed by atoms with E-state index < -0.39 is 5.97 Å². The molecule has 0 saturated heterocycles. The largest absolute Gasteiger partial charge is 0.461 e. The summed E-state index contributed by atoms with van der Waals surface area (Å²) in [6, 6.07) is 9.37. The van der Waals surface area contributed by atoms with E-state index in [0.717, 1.165) is 5.56 Å². The number of aromatic nitrogens is 3. The van der Waals surface area contributed by atoms with Gasteiger partial charge in [-0.1, -0.05) is 30.3 Å². The molecule has 0 fully saturated rings. The Morgan fingerprint density at radius 2 is 2.06 bits per heavy atom. The van der Waals surface area contributed by atoms with Crippen LogP contribution in [0.4, 0.5) is 0 Å². The number of hydrogen-bond donors (Lipinski definition) is 1. The second-order valence-corrected chi connectivity index (χ2v) is 3.11. The predicted octanol–water partition coefficient (Wildman–Crippen LogP) is 1.65. The molecule has 5 nitrogen and oxygen atoms in total. The predicted molar refractivity (Wildman–Crippen MR) is 57.8 cm³/mol. The fourth-order valence-corrected chi connectivity index (χ4v) is 1.37. The number of nitrogens with zero attached hydrogens (tertiary/aromatic N) is 2. The maximum absolute atomic E-state index is 11.6. The normalized spacial score (nSPS) is 10.1. The lowest BCUT2D eigenvalue weighted by atomic mass is 10.1. The molecule has 2 rings (SSSR count). The molecule has 1 aromatic carbocycles. The second kappa shape index (κ2) is 4.57. The molecule has 0 radical (unpaired) electrons. The quantitative estimate of drug-likeness (QED) is 0.794. The Hall–Kier alpha value is -2.17. The summed E-state index contributed by atoms with van der Waals surface area (Å²) in [5.41, 5.74) is 1.56. The third kappa shape index (κ3) is 1.93. The molecule has 1 N–H and O–H groups in total. The van der Waals surface area contributed by atoms with Crippen molar-refractivity contribution in [3.05, 3.63) is 36.0 Å². The highest BCUT2D eigenvalue weighted by Gasteiger charge is 2.18. The van der Waals surface area contributed by atoms with Crippen molar-refractivity contribution in [1.82, 2.24) is 15.4 Å². The zero-order valence-electron chi connectivity index (χ0n) is 8.80. The van der Waals surface area contributed by atoms with Gasteiger partial charge in [0.25, 0.3) is 0 Å². The Morgan fingerprint density at radius 3 is 2.75 bits per heavy atom. The third-order valence-corrected chi connectivity index (χ3v) is 2.06. The number of carbonyl (C=O) groups is 1. The molecule has 0 amide bonds. The number of hydrogen-bond acceptors (Lipinski definition) is 4. The first kappa shape index (κ1) is 10.4. The molecule has 1 aromatic heterocycles. The Labute approximate surface area is 92.4 Å². The van der Waals surface area contributed by atoms with Gasteiger partial charge in [-0.2, -0.15) is 10.3 Å². The van der Waals surface area contributed by atoms with Gasteiger partial charge in [0.1, 0.15) is 5.69 Å². The fraction of sp³-hybridized carbons (Fsp3) is 0.182. The molecule has 0 saturated carbocycles. The second-order valence-electron chi connectivity index (χ2n) is 3.11. The Morgan fingerprint density at radius 1 is 1.31 bits per heavy atom. The van der Waals surface area contributed by atoms with E-state index in [-0.39, 0.29) is 5.69 Å². The molecule has 16 heavy (non-hydrogen) atoms. The minimum atomic E-state index is -0.463. The summed E-state index contributed by atoms with van der Waals surface area (Å²) in [6.07, 6.45) is 0. The lowest BCUT2D eigenvalue weighted by molar-refractivity contribution is 0.0520. The zero-order chi connectivity index (χ0) is 11.4. The van der Waals surface area contributed by atoms with Crippen molar-refractivity contribution >= 4 is 5.97 Å². The Balaban J connectivity index is 2.37. The third-order valence-electron chi connectivity index (χ3n) is 2.06. The highest BCUT2D eigenvalue weighted by molar-refractivity contribution is 5.93. The molecule has 0 atom stereocenters. The van der Waals surface area contributed by atoms with Crippen molar-refractivity contribution in [2.24, 2.45) is 0 Å². The molecule has 0 spiro atoms. The van der Waals surface area contributed by atoms with E-state index in [2.05, 4.69) is 15.4 Å². The number of benzene rings is 1. The van der Waals surface area contributed by atoms with E-state index in [0.29, 0.717) is 12.3 Å². The maximum atomic E-state index is 11.6.